The fourth-order valence-electron chi connectivity index (χ4n) is 3.46. The summed E-state index contributed by atoms with van der Waals surface area (Å²) in [4.78, 5) is 16.7. The molecule has 0 atom stereocenters. The maximum atomic E-state index is 12.6. The van der Waals surface area contributed by atoms with Gasteiger partial charge in [0.1, 0.15) is 24.0 Å². The third-order valence-corrected chi connectivity index (χ3v) is 6.52. The summed E-state index contributed by atoms with van der Waals surface area (Å²) in [6.07, 6.45) is 2.35. The van der Waals surface area contributed by atoms with Crippen molar-refractivity contribution in [3.05, 3.63) is 58.7 Å². The topological polar surface area (TPSA) is 96.6 Å². The first kappa shape index (κ1) is 24.5. The number of ether oxygens (including phenoxy) is 3. The van der Waals surface area contributed by atoms with Gasteiger partial charge in [-0.2, -0.15) is 15.1 Å². The fourth-order valence-corrected chi connectivity index (χ4v) is 4.28. The van der Waals surface area contributed by atoms with Gasteiger partial charge in [0.25, 0.3) is 5.91 Å². The van der Waals surface area contributed by atoms with E-state index in [-0.39, 0.29) is 11.4 Å². The molecule has 0 aliphatic carbocycles. The number of benzene rings is 2. The standard InChI is InChI=1S/C26H28N4O4S/c1-5-23-29-30-24(27)20(25(31)28-26(30)35-23)14-18-8-10-21(22(15-18)32-6-2)34-12-11-33-19-9-7-16(3)17(4)13-19/h7-10,13-15,27H,5-6,11-12H2,1-4H3/b20-14+,27-24?. The van der Waals surface area contributed by atoms with Crippen LogP contribution in [0.4, 0.5) is 0 Å². The molecule has 2 heterocycles. The van der Waals surface area contributed by atoms with E-state index in [0.717, 1.165) is 17.2 Å². The van der Waals surface area contributed by atoms with E-state index in [9.17, 15) is 4.79 Å². The van der Waals surface area contributed by atoms with Gasteiger partial charge < -0.3 is 14.2 Å². The van der Waals surface area contributed by atoms with E-state index < -0.39 is 5.91 Å². The third-order valence-electron chi connectivity index (χ3n) is 5.47. The van der Waals surface area contributed by atoms with Crippen LogP contribution in [0.1, 0.15) is 37.0 Å². The summed E-state index contributed by atoms with van der Waals surface area (Å²) in [5.74, 6) is 1.49. The molecule has 9 heteroatoms. The van der Waals surface area contributed by atoms with E-state index in [4.69, 9.17) is 19.6 Å². The van der Waals surface area contributed by atoms with Crippen molar-refractivity contribution in [2.24, 2.45) is 10.1 Å². The molecule has 0 unspecified atom stereocenters. The summed E-state index contributed by atoms with van der Waals surface area (Å²) in [5, 5.41) is 15.5. The van der Waals surface area contributed by atoms with Crippen molar-refractivity contribution in [3.8, 4) is 17.2 Å². The molecule has 2 aromatic rings. The highest BCUT2D eigenvalue weighted by Crippen LogP contribution is 2.32. The van der Waals surface area contributed by atoms with Crippen LogP contribution in [0.15, 0.2) is 52.1 Å². The van der Waals surface area contributed by atoms with Crippen molar-refractivity contribution in [1.29, 1.82) is 5.41 Å². The van der Waals surface area contributed by atoms with Gasteiger partial charge in [0.05, 0.1) is 12.2 Å². The molecular formula is C26H28N4O4S. The second-order valence-corrected chi connectivity index (χ2v) is 8.99. The molecule has 8 nitrogen and oxygen atoms in total. The first-order chi connectivity index (χ1) is 16.9. The van der Waals surface area contributed by atoms with Crippen LogP contribution in [-0.4, -0.2) is 46.8 Å². The van der Waals surface area contributed by atoms with Crippen molar-refractivity contribution >= 4 is 39.8 Å². The van der Waals surface area contributed by atoms with E-state index in [1.165, 1.54) is 27.9 Å². The number of hydrazone groups is 1. The second kappa shape index (κ2) is 10.8. The predicted octanol–water partition coefficient (Wildman–Crippen LogP) is 5.19. The molecular weight excluding hydrogens is 464 g/mol. The summed E-state index contributed by atoms with van der Waals surface area (Å²) in [5.41, 5.74) is 3.28. The van der Waals surface area contributed by atoms with Gasteiger partial charge in [-0.1, -0.05) is 19.1 Å². The lowest BCUT2D eigenvalue weighted by molar-refractivity contribution is -0.114. The Morgan fingerprint density at radius 2 is 1.80 bits per heavy atom. The Labute approximate surface area is 209 Å². The summed E-state index contributed by atoms with van der Waals surface area (Å²) in [7, 11) is 0. The van der Waals surface area contributed by atoms with Crippen LogP contribution in [0.25, 0.3) is 6.08 Å². The van der Waals surface area contributed by atoms with Crippen LogP contribution in [0.5, 0.6) is 17.2 Å². The van der Waals surface area contributed by atoms with Crippen LogP contribution >= 0.6 is 11.8 Å². The SMILES string of the molecule is CCOc1cc(/C=C2\C(=N)N3N=C(CC)SC3=NC2=O)ccc1OCCOc1ccc(C)c(C)c1. The van der Waals surface area contributed by atoms with Gasteiger partial charge in [-0.05, 0) is 86.0 Å². The predicted molar refractivity (Wildman–Crippen MR) is 140 cm³/mol. The summed E-state index contributed by atoms with van der Waals surface area (Å²) >= 11 is 1.32. The maximum Gasteiger partial charge on any atom is 0.283 e. The van der Waals surface area contributed by atoms with Gasteiger partial charge in [0.2, 0.25) is 5.17 Å². The van der Waals surface area contributed by atoms with E-state index in [0.29, 0.717) is 42.1 Å². The average molecular weight is 493 g/mol. The van der Waals surface area contributed by atoms with E-state index in [1.54, 1.807) is 18.2 Å². The Bertz CT molecular complexity index is 1250. The number of carbonyl (C=O) groups is 1. The minimum Gasteiger partial charge on any atom is -0.490 e. The Balaban J connectivity index is 1.45. The molecule has 0 radical (unpaired) electrons. The highest BCUT2D eigenvalue weighted by Gasteiger charge is 2.35. The zero-order chi connectivity index (χ0) is 24.9. The number of hydrogen-bond donors (Lipinski definition) is 1. The number of nitrogens with one attached hydrogen (secondary N) is 1. The monoisotopic (exact) mass is 492 g/mol. The first-order valence-corrected chi connectivity index (χ1v) is 12.3. The van der Waals surface area contributed by atoms with Gasteiger partial charge in [-0.15, -0.1) is 0 Å². The number of thioether (sulfide) groups is 1. The van der Waals surface area contributed by atoms with Crippen molar-refractivity contribution in [2.75, 3.05) is 19.8 Å². The molecule has 1 N–H and O–H groups in total. The second-order valence-electron chi connectivity index (χ2n) is 7.95. The molecule has 2 aliphatic rings. The lowest BCUT2D eigenvalue weighted by Crippen LogP contribution is -2.35. The van der Waals surface area contributed by atoms with E-state index in [1.807, 2.05) is 38.1 Å². The minimum absolute atomic E-state index is 0.0118. The molecule has 0 saturated heterocycles. The first-order valence-electron chi connectivity index (χ1n) is 11.5. The van der Waals surface area contributed by atoms with Crippen LogP contribution in [0.3, 0.4) is 0 Å². The largest absolute Gasteiger partial charge is 0.490 e. The number of carbonyl (C=O) groups excluding carboxylic acids is 1. The van der Waals surface area contributed by atoms with Crippen molar-refractivity contribution < 1.29 is 19.0 Å². The normalized spacial score (nSPS) is 16.2. The van der Waals surface area contributed by atoms with E-state index in [2.05, 4.69) is 23.9 Å². The lowest BCUT2D eigenvalue weighted by atomic mass is 10.1. The minimum atomic E-state index is -0.455. The number of hydrogen-bond acceptors (Lipinski definition) is 7. The molecule has 0 spiro atoms. The summed E-state index contributed by atoms with van der Waals surface area (Å²) < 4.78 is 17.5. The molecule has 0 fully saturated rings. The van der Waals surface area contributed by atoms with Crippen LogP contribution in [0, 0.1) is 19.3 Å². The molecule has 35 heavy (non-hydrogen) atoms. The number of rotatable bonds is 9. The number of fused-ring (bicyclic) bond motifs is 1. The molecule has 1 amide bonds. The Hall–Kier alpha value is -3.59. The highest BCUT2D eigenvalue weighted by molar-refractivity contribution is 8.26. The maximum absolute atomic E-state index is 12.6. The number of amidine groups is 2. The third kappa shape index (κ3) is 5.57. The fraction of sp³-hybridized carbons (Fsp3) is 0.308. The van der Waals surface area contributed by atoms with E-state index >= 15 is 0 Å². The molecule has 4 rings (SSSR count). The van der Waals surface area contributed by atoms with Crippen LogP contribution in [-0.2, 0) is 4.79 Å². The van der Waals surface area contributed by atoms with Gasteiger partial charge in [0, 0.05) is 0 Å². The van der Waals surface area contributed by atoms with Crippen molar-refractivity contribution in [3.63, 3.8) is 0 Å². The molecule has 0 aromatic heterocycles. The zero-order valence-corrected chi connectivity index (χ0v) is 21.1. The lowest BCUT2D eigenvalue weighted by Gasteiger charge is -2.20. The highest BCUT2D eigenvalue weighted by atomic mass is 32.2. The van der Waals surface area contributed by atoms with Gasteiger partial charge >= 0.3 is 0 Å². The molecule has 2 aromatic carbocycles. The zero-order valence-electron chi connectivity index (χ0n) is 20.3. The molecule has 0 bridgehead atoms. The Morgan fingerprint density at radius 1 is 1.00 bits per heavy atom. The number of amides is 1. The molecule has 0 saturated carbocycles. The van der Waals surface area contributed by atoms with Crippen molar-refractivity contribution in [1.82, 2.24) is 5.01 Å². The molecule has 182 valence electrons. The van der Waals surface area contributed by atoms with Gasteiger partial charge in [-0.3, -0.25) is 10.2 Å². The smallest absolute Gasteiger partial charge is 0.283 e. The Morgan fingerprint density at radius 3 is 2.54 bits per heavy atom. The van der Waals surface area contributed by atoms with Gasteiger partial charge in [0.15, 0.2) is 17.3 Å². The quantitative estimate of drug-likeness (QED) is 0.382. The number of nitrogens with zero attached hydrogens (tertiary/aromatic N) is 3. The summed E-state index contributed by atoms with van der Waals surface area (Å²) in [6.45, 7) is 9.17. The number of aliphatic imine (C=N–C) groups is 1. The Kier molecular flexibility index (Phi) is 7.55. The van der Waals surface area contributed by atoms with Gasteiger partial charge in [-0.25, -0.2) is 0 Å². The number of aryl methyl sites for hydroxylation is 2. The van der Waals surface area contributed by atoms with Crippen molar-refractivity contribution in [2.45, 2.75) is 34.1 Å². The summed E-state index contributed by atoms with van der Waals surface area (Å²) in [6, 6.07) is 11.4. The van der Waals surface area contributed by atoms with Crippen LogP contribution in [0.2, 0.25) is 0 Å². The average Bonchev–Trinajstić information content (AvgIpc) is 3.26. The molecule has 2 aliphatic heterocycles. The van der Waals surface area contributed by atoms with Crippen LogP contribution < -0.4 is 14.2 Å².